The molecule has 8 nitrogen and oxygen atoms in total. The van der Waals surface area contributed by atoms with E-state index in [-0.39, 0.29) is 18.9 Å². The molecule has 2 aromatic heterocycles. The molecule has 3 aromatic rings. The van der Waals surface area contributed by atoms with Crippen LogP contribution in [-0.4, -0.2) is 32.4 Å². The third kappa shape index (κ3) is 3.76. The Morgan fingerprint density at radius 2 is 2.21 bits per heavy atom. The molecule has 8 heteroatoms. The highest BCUT2D eigenvalue weighted by molar-refractivity contribution is 5.94. The molecule has 4 rings (SSSR count). The van der Waals surface area contributed by atoms with Crippen molar-refractivity contribution in [3.8, 4) is 11.8 Å². The number of aromatic amines is 1. The van der Waals surface area contributed by atoms with E-state index in [1.807, 2.05) is 40.8 Å². The maximum Gasteiger partial charge on any atom is 0.306 e. The van der Waals surface area contributed by atoms with E-state index in [1.165, 1.54) is 0 Å². The number of carboxylic acids is 1. The normalized spacial score (nSPS) is 18.7. The Balaban J connectivity index is 1.84. The van der Waals surface area contributed by atoms with Gasteiger partial charge in [0.15, 0.2) is 0 Å². The number of ether oxygens (including phenoxy) is 2. The van der Waals surface area contributed by atoms with Crippen LogP contribution in [0.2, 0.25) is 0 Å². The number of carboxylic acid groups (broad SMARTS) is 1. The number of rotatable bonds is 7. The molecule has 2 N–H and O–H groups in total. The molecule has 3 heterocycles. The lowest BCUT2D eigenvalue weighted by atomic mass is 9.77. The summed E-state index contributed by atoms with van der Waals surface area (Å²) in [7, 11) is 1.89. The van der Waals surface area contributed by atoms with Crippen molar-refractivity contribution >= 4 is 16.9 Å². The Bertz CT molecular complexity index is 1250. The molecule has 0 radical (unpaired) electrons. The van der Waals surface area contributed by atoms with Crippen LogP contribution < -0.4 is 4.74 Å². The van der Waals surface area contributed by atoms with Gasteiger partial charge in [-0.1, -0.05) is 20.3 Å². The molecule has 1 aromatic carbocycles. The number of hydrogen-bond acceptors (Lipinski definition) is 5. The fourth-order valence-electron chi connectivity index (χ4n) is 4.92. The van der Waals surface area contributed by atoms with Gasteiger partial charge in [0.05, 0.1) is 35.9 Å². The molecule has 0 bridgehead atoms. The van der Waals surface area contributed by atoms with Gasteiger partial charge in [-0.25, -0.2) is 0 Å². The Morgan fingerprint density at radius 3 is 2.82 bits per heavy atom. The van der Waals surface area contributed by atoms with Gasteiger partial charge in [0.2, 0.25) is 0 Å². The fourth-order valence-corrected chi connectivity index (χ4v) is 4.92. The van der Waals surface area contributed by atoms with Crippen LogP contribution >= 0.6 is 0 Å². The van der Waals surface area contributed by atoms with Crippen molar-refractivity contribution in [2.45, 2.75) is 59.2 Å². The first-order valence-electron chi connectivity index (χ1n) is 11.3. The van der Waals surface area contributed by atoms with Gasteiger partial charge in [-0.15, -0.1) is 0 Å². The summed E-state index contributed by atoms with van der Waals surface area (Å²) in [4.78, 5) is 15.3. The average molecular weight is 451 g/mol. The van der Waals surface area contributed by atoms with Crippen molar-refractivity contribution in [3.63, 3.8) is 0 Å². The number of aryl methyl sites for hydroxylation is 3. The maximum atomic E-state index is 11.8. The standard InChI is InChI=1S/C25H30N4O4/c1-6-14(2)25(11-21(30)31)24-19(7-8-33-25)22-17(12-26)10-20(16(4)23(22)27-24)32-13-18-9-15(3)29(5)28-18/h9-10,14,27H,6-8,11,13H2,1-5H3,(H,30,31)/t14?,25-/m1/s1. The first-order valence-corrected chi connectivity index (χ1v) is 11.3. The number of aliphatic carboxylic acids is 1. The second-order valence-corrected chi connectivity index (χ2v) is 8.94. The Kier molecular flexibility index (Phi) is 5.93. The molecule has 0 amide bonds. The van der Waals surface area contributed by atoms with Crippen LogP contribution in [0.3, 0.4) is 0 Å². The molecule has 1 aliphatic heterocycles. The Hall–Kier alpha value is -3.31. The quantitative estimate of drug-likeness (QED) is 0.556. The highest BCUT2D eigenvalue weighted by Crippen LogP contribution is 2.47. The zero-order chi connectivity index (χ0) is 23.9. The van der Waals surface area contributed by atoms with Crippen molar-refractivity contribution in [1.29, 1.82) is 5.26 Å². The van der Waals surface area contributed by atoms with Crippen molar-refractivity contribution in [3.05, 3.63) is 45.9 Å². The fraction of sp³-hybridized carbons (Fsp3) is 0.480. The highest BCUT2D eigenvalue weighted by Gasteiger charge is 2.46. The van der Waals surface area contributed by atoms with Gasteiger partial charge in [-0.05, 0) is 43.9 Å². The van der Waals surface area contributed by atoms with Crippen LogP contribution in [0, 0.1) is 31.1 Å². The molecule has 2 atom stereocenters. The van der Waals surface area contributed by atoms with Gasteiger partial charge in [0.25, 0.3) is 0 Å². The largest absolute Gasteiger partial charge is 0.487 e. The van der Waals surface area contributed by atoms with Gasteiger partial charge in [-0.2, -0.15) is 10.4 Å². The van der Waals surface area contributed by atoms with E-state index < -0.39 is 11.6 Å². The van der Waals surface area contributed by atoms with Crippen molar-refractivity contribution in [2.24, 2.45) is 13.0 Å². The van der Waals surface area contributed by atoms with Crippen LogP contribution in [0.5, 0.6) is 5.75 Å². The van der Waals surface area contributed by atoms with E-state index in [1.54, 1.807) is 10.7 Å². The summed E-state index contributed by atoms with van der Waals surface area (Å²) in [6, 6.07) is 6.07. The van der Waals surface area contributed by atoms with Crippen molar-refractivity contribution < 1.29 is 19.4 Å². The SMILES string of the molecule is CCC(C)[C@@]1(CC(=O)O)OCCc2c1[nH]c1c(C)c(OCc3cc(C)n(C)n3)cc(C#N)c21. The van der Waals surface area contributed by atoms with E-state index in [0.717, 1.165) is 45.5 Å². The predicted octanol–water partition coefficient (Wildman–Crippen LogP) is 4.26. The summed E-state index contributed by atoms with van der Waals surface area (Å²) >= 11 is 0. The van der Waals surface area contributed by atoms with Gasteiger partial charge in [0.1, 0.15) is 23.7 Å². The first kappa shape index (κ1) is 22.9. The second-order valence-electron chi connectivity index (χ2n) is 8.94. The molecule has 33 heavy (non-hydrogen) atoms. The molecular formula is C25H30N4O4. The number of nitrogens with zero attached hydrogens (tertiary/aromatic N) is 3. The maximum absolute atomic E-state index is 11.8. The predicted molar refractivity (Wildman–Crippen MR) is 123 cm³/mol. The van der Waals surface area contributed by atoms with E-state index in [4.69, 9.17) is 9.47 Å². The number of aromatic nitrogens is 3. The van der Waals surface area contributed by atoms with E-state index in [0.29, 0.717) is 24.3 Å². The van der Waals surface area contributed by atoms with Gasteiger partial charge in [0, 0.05) is 23.7 Å². The Labute approximate surface area is 193 Å². The number of hydrogen-bond donors (Lipinski definition) is 2. The molecular weight excluding hydrogens is 420 g/mol. The summed E-state index contributed by atoms with van der Waals surface area (Å²) in [6.45, 7) is 8.69. The third-order valence-corrected chi connectivity index (χ3v) is 7.01. The summed E-state index contributed by atoms with van der Waals surface area (Å²) in [5.74, 6) is -0.322. The topological polar surface area (TPSA) is 113 Å². The summed E-state index contributed by atoms with van der Waals surface area (Å²) < 4.78 is 14.1. The number of benzene rings is 1. The zero-order valence-corrected chi connectivity index (χ0v) is 19.8. The summed E-state index contributed by atoms with van der Waals surface area (Å²) in [5, 5.41) is 24.9. The van der Waals surface area contributed by atoms with Gasteiger partial charge in [-0.3, -0.25) is 9.48 Å². The van der Waals surface area contributed by atoms with Crippen molar-refractivity contribution in [1.82, 2.24) is 14.8 Å². The minimum absolute atomic E-state index is 0.0188. The van der Waals surface area contributed by atoms with Gasteiger partial charge < -0.3 is 19.6 Å². The van der Waals surface area contributed by atoms with E-state index in [2.05, 4.69) is 16.2 Å². The van der Waals surface area contributed by atoms with Crippen LogP contribution in [0.4, 0.5) is 0 Å². The number of nitrogens with one attached hydrogen (secondary N) is 1. The van der Waals surface area contributed by atoms with E-state index >= 15 is 0 Å². The minimum atomic E-state index is -0.959. The number of H-pyrrole nitrogens is 1. The van der Waals surface area contributed by atoms with Crippen LogP contribution in [-0.2, 0) is 35.2 Å². The molecule has 0 fully saturated rings. The molecule has 174 valence electrons. The minimum Gasteiger partial charge on any atom is -0.487 e. The van der Waals surface area contributed by atoms with E-state index in [9.17, 15) is 15.2 Å². The van der Waals surface area contributed by atoms with Crippen LogP contribution in [0.25, 0.3) is 10.9 Å². The number of nitriles is 1. The second kappa shape index (κ2) is 8.56. The lowest BCUT2D eigenvalue weighted by molar-refractivity contribution is -0.155. The first-order chi connectivity index (χ1) is 15.7. The smallest absolute Gasteiger partial charge is 0.306 e. The molecule has 0 saturated carbocycles. The molecule has 0 spiro atoms. The molecule has 1 unspecified atom stereocenters. The Morgan fingerprint density at radius 1 is 1.45 bits per heavy atom. The lowest BCUT2D eigenvalue weighted by Crippen LogP contribution is -2.43. The molecule has 0 aliphatic carbocycles. The average Bonchev–Trinajstić information content (AvgIpc) is 3.33. The third-order valence-electron chi connectivity index (χ3n) is 7.01. The van der Waals surface area contributed by atoms with Crippen LogP contribution in [0.15, 0.2) is 12.1 Å². The summed E-state index contributed by atoms with van der Waals surface area (Å²) in [5.41, 5.74) is 4.82. The van der Waals surface area contributed by atoms with Gasteiger partial charge >= 0.3 is 5.97 Å². The molecule has 0 saturated heterocycles. The lowest BCUT2D eigenvalue weighted by Gasteiger charge is -2.40. The zero-order valence-electron chi connectivity index (χ0n) is 19.8. The highest BCUT2D eigenvalue weighted by atomic mass is 16.5. The summed E-state index contributed by atoms with van der Waals surface area (Å²) in [6.07, 6.45) is 1.25. The number of carbonyl (C=O) groups is 1. The number of fused-ring (bicyclic) bond motifs is 3. The van der Waals surface area contributed by atoms with Crippen molar-refractivity contribution in [2.75, 3.05) is 6.61 Å². The van der Waals surface area contributed by atoms with Crippen LogP contribution in [0.1, 0.15) is 60.5 Å². The molecule has 1 aliphatic rings. The monoisotopic (exact) mass is 450 g/mol.